The molecule has 1 saturated heterocycles. The van der Waals surface area contributed by atoms with Gasteiger partial charge in [-0.3, -0.25) is 4.79 Å². The molecular formula is C29H28F3N3O4S. The number of nitrogens with one attached hydrogen (secondary N) is 1. The summed E-state index contributed by atoms with van der Waals surface area (Å²) in [6.07, 6.45) is -2.13. The summed E-state index contributed by atoms with van der Waals surface area (Å²) in [7, 11) is 1.34. The Hall–Kier alpha value is -4.04. The molecule has 2 atom stereocenters. The minimum atomic E-state index is -1.37. The van der Waals surface area contributed by atoms with Crippen molar-refractivity contribution in [3.8, 4) is 33.4 Å². The van der Waals surface area contributed by atoms with Crippen LogP contribution in [0, 0.1) is 23.0 Å². The van der Waals surface area contributed by atoms with Crippen LogP contribution in [-0.2, 0) is 4.74 Å². The molecule has 0 unspecified atom stereocenters. The number of rotatable bonds is 5. The van der Waals surface area contributed by atoms with E-state index in [1.165, 1.54) is 36.3 Å². The van der Waals surface area contributed by atoms with Crippen molar-refractivity contribution in [1.82, 2.24) is 10.2 Å². The summed E-state index contributed by atoms with van der Waals surface area (Å²) >= 11 is 1.08. The number of amides is 2. The Kier molecular flexibility index (Phi) is 8.40. The molecule has 1 aromatic heterocycles. The number of nitriles is 1. The number of hydrogen-bond acceptors (Lipinski definition) is 6. The third-order valence-electron chi connectivity index (χ3n) is 6.28. The Labute approximate surface area is 234 Å². The fraction of sp³-hybridized carbons (Fsp3) is 0.345. The number of benzene rings is 2. The quantitative estimate of drug-likeness (QED) is 0.387. The lowest BCUT2D eigenvalue weighted by molar-refractivity contribution is 0.0367. The number of hydrogen-bond donors (Lipinski definition) is 1. The van der Waals surface area contributed by atoms with E-state index >= 15 is 0 Å². The van der Waals surface area contributed by atoms with Gasteiger partial charge in [-0.05, 0) is 74.7 Å². The van der Waals surface area contributed by atoms with Crippen LogP contribution in [0.3, 0.4) is 0 Å². The van der Waals surface area contributed by atoms with Gasteiger partial charge >= 0.3 is 6.09 Å². The normalized spacial score (nSPS) is 17.2. The summed E-state index contributed by atoms with van der Waals surface area (Å²) in [6, 6.07) is 10.8. The molecule has 0 bridgehead atoms. The minimum Gasteiger partial charge on any atom is -0.494 e. The largest absolute Gasteiger partial charge is 0.494 e. The highest BCUT2D eigenvalue weighted by atomic mass is 32.1. The highest BCUT2D eigenvalue weighted by Gasteiger charge is 2.35. The van der Waals surface area contributed by atoms with Gasteiger partial charge in [0.05, 0.1) is 23.6 Å². The number of carbonyl (C=O) groups excluding carboxylic acids is 2. The lowest BCUT2D eigenvalue weighted by atomic mass is 10.00. The number of methoxy groups -OCH3 is 1. The molecule has 3 aromatic rings. The van der Waals surface area contributed by atoms with Gasteiger partial charge in [0.15, 0.2) is 11.6 Å². The van der Waals surface area contributed by atoms with Crippen LogP contribution in [0.15, 0.2) is 42.5 Å². The number of ether oxygens (including phenoxy) is 2. The number of nitrogens with zero attached hydrogens (tertiary/aromatic N) is 2. The van der Waals surface area contributed by atoms with E-state index in [1.54, 1.807) is 45.0 Å². The van der Waals surface area contributed by atoms with Crippen LogP contribution in [-0.4, -0.2) is 54.9 Å². The maximum atomic E-state index is 14.7. The first-order chi connectivity index (χ1) is 18.9. The fourth-order valence-corrected chi connectivity index (χ4v) is 5.51. The van der Waals surface area contributed by atoms with Crippen molar-refractivity contribution >= 4 is 23.3 Å². The molecule has 40 heavy (non-hydrogen) atoms. The van der Waals surface area contributed by atoms with E-state index in [1.807, 2.05) is 0 Å². The second-order valence-electron chi connectivity index (χ2n) is 10.3. The van der Waals surface area contributed by atoms with Crippen molar-refractivity contribution in [1.29, 1.82) is 5.26 Å². The Balaban J connectivity index is 1.68. The van der Waals surface area contributed by atoms with Gasteiger partial charge in [0.2, 0.25) is 0 Å². The summed E-state index contributed by atoms with van der Waals surface area (Å²) in [5.41, 5.74) is 0.393. The van der Waals surface area contributed by atoms with Gasteiger partial charge in [-0.15, -0.1) is 11.3 Å². The molecule has 2 heterocycles. The van der Waals surface area contributed by atoms with Crippen LogP contribution in [0.25, 0.3) is 21.6 Å². The van der Waals surface area contributed by atoms with Crippen LogP contribution >= 0.6 is 11.3 Å². The molecule has 2 aromatic carbocycles. The van der Waals surface area contributed by atoms with Crippen LogP contribution in [0.4, 0.5) is 18.0 Å². The average molecular weight is 572 g/mol. The monoisotopic (exact) mass is 571 g/mol. The average Bonchev–Trinajstić information content (AvgIpc) is 3.34. The summed E-state index contributed by atoms with van der Waals surface area (Å²) in [6.45, 7) is 5.12. The lowest BCUT2D eigenvalue weighted by Gasteiger charge is -2.35. The Morgan fingerprint density at radius 3 is 2.42 bits per heavy atom. The van der Waals surface area contributed by atoms with E-state index in [4.69, 9.17) is 14.7 Å². The van der Waals surface area contributed by atoms with E-state index in [-0.39, 0.29) is 35.7 Å². The van der Waals surface area contributed by atoms with E-state index in [9.17, 15) is 22.8 Å². The van der Waals surface area contributed by atoms with Crippen molar-refractivity contribution < 1.29 is 32.2 Å². The maximum absolute atomic E-state index is 14.7. The summed E-state index contributed by atoms with van der Waals surface area (Å²) in [5, 5.41) is 11.6. The van der Waals surface area contributed by atoms with Crippen molar-refractivity contribution in [3.63, 3.8) is 0 Å². The fourth-order valence-electron chi connectivity index (χ4n) is 4.36. The predicted octanol–water partition coefficient (Wildman–Crippen LogP) is 6.32. The van der Waals surface area contributed by atoms with E-state index in [2.05, 4.69) is 5.32 Å². The second-order valence-corrected chi connectivity index (χ2v) is 11.4. The van der Waals surface area contributed by atoms with Crippen LogP contribution < -0.4 is 10.1 Å². The zero-order valence-corrected chi connectivity index (χ0v) is 23.2. The third-order valence-corrected chi connectivity index (χ3v) is 7.45. The summed E-state index contributed by atoms with van der Waals surface area (Å²) in [5.74, 6) is -1.71. The first kappa shape index (κ1) is 29.0. The Morgan fingerprint density at radius 2 is 1.80 bits per heavy atom. The van der Waals surface area contributed by atoms with Crippen molar-refractivity contribution in [2.45, 2.75) is 45.0 Å². The highest BCUT2D eigenvalue weighted by Crippen LogP contribution is 2.41. The topological polar surface area (TPSA) is 91.7 Å². The van der Waals surface area contributed by atoms with E-state index in [0.717, 1.165) is 11.3 Å². The molecule has 11 heteroatoms. The predicted molar refractivity (Wildman–Crippen MR) is 145 cm³/mol. The van der Waals surface area contributed by atoms with Gasteiger partial charge in [-0.25, -0.2) is 18.0 Å². The third kappa shape index (κ3) is 6.39. The zero-order valence-electron chi connectivity index (χ0n) is 22.4. The first-order valence-corrected chi connectivity index (χ1v) is 13.3. The Bertz CT molecular complexity index is 1480. The number of carbonyl (C=O) groups is 2. The maximum Gasteiger partial charge on any atom is 0.408 e. The number of alkyl halides is 1. The molecule has 1 aliphatic rings. The van der Waals surface area contributed by atoms with Gasteiger partial charge in [-0.2, -0.15) is 5.26 Å². The van der Waals surface area contributed by atoms with Gasteiger partial charge in [0.25, 0.3) is 5.91 Å². The lowest BCUT2D eigenvalue weighted by Crippen LogP contribution is -2.55. The molecule has 1 fully saturated rings. The molecular weight excluding hydrogens is 543 g/mol. The summed E-state index contributed by atoms with van der Waals surface area (Å²) < 4.78 is 54.0. The molecule has 1 aliphatic heterocycles. The number of thiophene rings is 1. The molecule has 0 saturated carbocycles. The molecule has 1 N–H and O–H groups in total. The van der Waals surface area contributed by atoms with E-state index in [0.29, 0.717) is 21.6 Å². The van der Waals surface area contributed by atoms with Crippen LogP contribution in [0.2, 0.25) is 0 Å². The van der Waals surface area contributed by atoms with E-state index < -0.39 is 41.4 Å². The van der Waals surface area contributed by atoms with Gasteiger partial charge in [0, 0.05) is 23.5 Å². The molecule has 4 rings (SSSR count). The molecule has 0 radical (unpaired) electrons. The number of alkyl carbamates (subject to hydrolysis) is 1. The number of halogens is 3. The van der Waals surface area contributed by atoms with Crippen LogP contribution in [0.5, 0.6) is 5.75 Å². The van der Waals surface area contributed by atoms with Gasteiger partial charge in [-0.1, -0.05) is 6.07 Å². The molecule has 7 nitrogen and oxygen atoms in total. The smallest absolute Gasteiger partial charge is 0.408 e. The second kappa shape index (κ2) is 11.6. The van der Waals surface area contributed by atoms with Crippen LogP contribution in [0.1, 0.15) is 42.4 Å². The number of likely N-dealkylation sites (tertiary alicyclic amines) is 1. The highest BCUT2D eigenvalue weighted by molar-refractivity contribution is 7.18. The molecule has 2 amide bonds. The first-order valence-electron chi connectivity index (χ1n) is 12.5. The summed E-state index contributed by atoms with van der Waals surface area (Å²) in [4.78, 5) is 28.0. The standard InChI is InChI=1S/C29H28F3N3O4S/c1-29(2,3)39-28(37)34-23-15-35(10-9-20(23)30)27(36)25-13-19(16-5-6-18(14-33)21(31)11-16)26(40-25)17-7-8-24(38-4)22(32)12-17/h5-8,11-13,20,23H,9-10,15H2,1-4H3,(H,34,37)/t20-,23-/m0/s1. The SMILES string of the molecule is COc1ccc(-c2sc(C(=O)N3CC[C@H](F)[C@@H](NC(=O)OC(C)(C)C)C3)cc2-c2ccc(C#N)c(F)c2)cc1F. The van der Waals surface area contributed by atoms with Gasteiger partial charge in [0.1, 0.15) is 23.7 Å². The van der Waals surface area contributed by atoms with Gasteiger partial charge < -0.3 is 19.7 Å². The van der Waals surface area contributed by atoms with Crippen molar-refractivity contribution in [3.05, 3.63) is 64.5 Å². The molecule has 0 aliphatic carbocycles. The molecule has 0 spiro atoms. The van der Waals surface area contributed by atoms with Crippen molar-refractivity contribution in [2.24, 2.45) is 0 Å². The number of piperidine rings is 1. The Morgan fingerprint density at radius 1 is 1.10 bits per heavy atom. The zero-order chi connectivity index (χ0) is 29.2. The molecule has 210 valence electrons. The van der Waals surface area contributed by atoms with Crippen molar-refractivity contribution in [2.75, 3.05) is 20.2 Å². The minimum absolute atomic E-state index is 0.0157.